The predicted molar refractivity (Wildman–Crippen MR) is 108 cm³/mol. The highest BCUT2D eigenvalue weighted by Crippen LogP contribution is 2.39. The van der Waals surface area contributed by atoms with Crippen LogP contribution in [0.25, 0.3) is 22.2 Å². The Balaban J connectivity index is 1.88. The van der Waals surface area contributed by atoms with E-state index in [1.54, 1.807) is 0 Å². The maximum atomic E-state index is 6.28. The Bertz CT molecular complexity index is 987. The van der Waals surface area contributed by atoms with Gasteiger partial charge in [-0.15, -0.1) is 11.3 Å². The van der Waals surface area contributed by atoms with E-state index in [1.165, 1.54) is 19.8 Å². The van der Waals surface area contributed by atoms with Crippen molar-refractivity contribution in [1.82, 2.24) is 0 Å². The molecule has 0 N–H and O–H groups in total. The van der Waals surface area contributed by atoms with Crippen LogP contribution in [0.3, 0.4) is 0 Å². The molecule has 0 radical (unpaired) electrons. The van der Waals surface area contributed by atoms with Crippen LogP contribution in [0.5, 0.6) is 0 Å². The zero-order valence-electron chi connectivity index (χ0n) is 15.2. The number of thiophene rings is 1. The van der Waals surface area contributed by atoms with Crippen LogP contribution in [0.1, 0.15) is 34.6 Å². The van der Waals surface area contributed by atoms with Gasteiger partial charge >= 0.3 is 7.12 Å². The van der Waals surface area contributed by atoms with E-state index >= 15 is 0 Å². The van der Waals surface area contributed by atoms with Gasteiger partial charge in [0.15, 0.2) is 0 Å². The molecule has 2 aromatic rings. The topological polar surface area (TPSA) is 18.5 Å². The molecule has 1 saturated heterocycles. The lowest BCUT2D eigenvalue weighted by Crippen LogP contribution is -2.41. The number of allylic oxidation sites excluding steroid dienone is 2. The molecular weight excluding hydrogens is 351 g/mol. The molecule has 1 aliphatic carbocycles. The van der Waals surface area contributed by atoms with Gasteiger partial charge in [0.2, 0.25) is 0 Å². The van der Waals surface area contributed by atoms with Crippen molar-refractivity contribution in [3.8, 4) is 0 Å². The first-order chi connectivity index (χ1) is 11.7. The van der Waals surface area contributed by atoms with Crippen LogP contribution in [-0.4, -0.2) is 18.3 Å². The summed E-state index contributed by atoms with van der Waals surface area (Å²) in [6.07, 6.45) is 6.76. The summed E-state index contributed by atoms with van der Waals surface area (Å²) in [5.41, 5.74) is 0.406. The lowest BCUT2D eigenvalue weighted by Gasteiger charge is -2.32. The highest BCUT2D eigenvalue weighted by molar-refractivity contribution is 7.17. The van der Waals surface area contributed by atoms with Crippen molar-refractivity contribution < 1.29 is 9.31 Å². The molecule has 0 bridgehead atoms. The zero-order valence-corrected chi connectivity index (χ0v) is 16.8. The van der Waals surface area contributed by atoms with E-state index in [2.05, 4.69) is 65.0 Å². The number of fused-ring (bicyclic) bond motifs is 3. The Kier molecular flexibility index (Phi) is 3.97. The van der Waals surface area contributed by atoms with Crippen molar-refractivity contribution >= 4 is 52.3 Å². The molecule has 1 atom stereocenters. The standard InChI is InChI=1S/C20H22BClO2S/c1-12-8-13(21-23-19(2,3)20(4,5)24-21)10-15-16-11-14(22)6-7-17(16)25-18(15)9-12/h6-12H,1-5H3/t12-/m0/s1. The Morgan fingerprint density at radius 1 is 1.08 bits per heavy atom. The van der Waals surface area contributed by atoms with Crippen LogP contribution in [0.15, 0.2) is 29.7 Å². The molecule has 0 saturated carbocycles. The highest BCUT2D eigenvalue weighted by atomic mass is 35.5. The van der Waals surface area contributed by atoms with Crippen molar-refractivity contribution in [1.29, 1.82) is 0 Å². The normalized spacial score (nSPS) is 24.3. The molecule has 0 amide bonds. The average molecular weight is 373 g/mol. The summed E-state index contributed by atoms with van der Waals surface area (Å²) in [7, 11) is -0.346. The summed E-state index contributed by atoms with van der Waals surface area (Å²) >= 11 is 8.05. The molecule has 25 heavy (non-hydrogen) atoms. The van der Waals surface area contributed by atoms with Crippen molar-refractivity contribution in [3.05, 3.63) is 44.5 Å². The van der Waals surface area contributed by atoms with Gasteiger partial charge in [-0.05, 0) is 62.5 Å². The molecule has 2 heterocycles. The molecule has 1 aliphatic heterocycles. The number of rotatable bonds is 1. The summed E-state index contributed by atoms with van der Waals surface area (Å²) in [6, 6.07) is 6.10. The third kappa shape index (κ3) is 2.89. The first-order valence-electron chi connectivity index (χ1n) is 8.65. The first kappa shape index (κ1) is 17.4. The van der Waals surface area contributed by atoms with Crippen LogP contribution >= 0.6 is 22.9 Å². The van der Waals surface area contributed by atoms with Gasteiger partial charge < -0.3 is 9.31 Å². The Labute approximate surface area is 157 Å². The zero-order chi connectivity index (χ0) is 18.0. The largest absolute Gasteiger partial charge is 0.494 e. The monoisotopic (exact) mass is 372 g/mol. The Hall–Kier alpha value is -1.07. The van der Waals surface area contributed by atoms with Gasteiger partial charge in [0.1, 0.15) is 0 Å². The molecule has 130 valence electrons. The van der Waals surface area contributed by atoms with Crippen LogP contribution in [0.4, 0.5) is 0 Å². The highest BCUT2D eigenvalue weighted by Gasteiger charge is 2.52. The number of hydrogen-bond acceptors (Lipinski definition) is 3. The van der Waals surface area contributed by atoms with Crippen LogP contribution < -0.4 is 9.75 Å². The van der Waals surface area contributed by atoms with Gasteiger partial charge in [0, 0.05) is 19.6 Å². The van der Waals surface area contributed by atoms with Gasteiger partial charge in [-0.3, -0.25) is 0 Å². The number of hydrogen-bond donors (Lipinski definition) is 0. The minimum absolute atomic E-state index is 0.315. The SMILES string of the molecule is C[C@H]1C=C(B2OC(C)(C)C(C)(C)O2)C=c2c(sc3ccc(Cl)cc23)=C1. The van der Waals surface area contributed by atoms with E-state index in [1.807, 2.05) is 17.4 Å². The van der Waals surface area contributed by atoms with Gasteiger partial charge in [-0.25, -0.2) is 0 Å². The molecular formula is C20H22BClO2S. The third-order valence-electron chi connectivity index (χ3n) is 5.42. The van der Waals surface area contributed by atoms with Gasteiger partial charge in [0.05, 0.1) is 11.2 Å². The van der Waals surface area contributed by atoms with Crippen LogP contribution in [0, 0.1) is 5.92 Å². The van der Waals surface area contributed by atoms with Gasteiger partial charge in [-0.1, -0.05) is 36.8 Å². The van der Waals surface area contributed by atoms with E-state index in [0.29, 0.717) is 5.92 Å². The van der Waals surface area contributed by atoms with Crippen molar-refractivity contribution in [3.63, 3.8) is 0 Å². The van der Waals surface area contributed by atoms with Gasteiger partial charge in [-0.2, -0.15) is 0 Å². The van der Waals surface area contributed by atoms with Crippen molar-refractivity contribution in [2.24, 2.45) is 5.92 Å². The van der Waals surface area contributed by atoms with E-state index in [0.717, 1.165) is 10.5 Å². The Morgan fingerprint density at radius 3 is 2.44 bits per heavy atom. The smallest absolute Gasteiger partial charge is 0.399 e. The summed E-state index contributed by atoms with van der Waals surface area (Å²) in [5.74, 6) is 0.315. The fraction of sp³-hybridized carbons (Fsp3) is 0.400. The fourth-order valence-electron chi connectivity index (χ4n) is 3.31. The van der Waals surface area contributed by atoms with E-state index < -0.39 is 0 Å². The molecule has 0 unspecified atom stereocenters. The fourth-order valence-corrected chi connectivity index (χ4v) is 4.70. The summed E-state index contributed by atoms with van der Waals surface area (Å²) in [6.45, 7) is 10.6. The van der Waals surface area contributed by atoms with E-state index in [4.69, 9.17) is 20.9 Å². The lowest BCUT2D eigenvalue weighted by atomic mass is 9.76. The molecule has 5 heteroatoms. The molecule has 1 aromatic heterocycles. The third-order valence-corrected chi connectivity index (χ3v) is 6.81. The minimum Gasteiger partial charge on any atom is -0.399 e. The predicted octanol–water partition coefficient (Wildman–Crippen LogP) is 4.32. The molecule has 2 nitrogen and oxygen atoms in total. The van der Waals surface area contributed by atoms with E-state index in [-0.39, 0.29) is 18.3 Å². The molecule has 0 spiro atoms. The molecule has 4 rings (SSSR count). The van der Waals surface area contributed by atoms with Gasteiger partial charge in [0.25, 0.3) is 0 Å². The van der Waals surface area contributed by atoms with Crippen molar-refractivity contribution in [2.45, 2.75) is 45.8 Å². The maximum absolute atomic E-state index is 6.28. The van der Waals surface area contributed by atoms with Crippen molar-refractivity contribution in [2.75, 3.05) is 0 Å². The second-order valence-electron chi connectivity index (χ2n) is 7.95. The average Bonchev–Trinajstić information content (AvgIpc) is 2.85. The summed E-state index contributed by atoms with van der Waals surface area (Å²) in [4.78, 5) is 0. The molecule has 1 aromatic carbocycles. The van der Waals surface area contributed by atoms with Crippen LogP contribution in [0.2, 0.25) is 5.02 Å². The summed E-state index contributed by atoms with van der Waals surface area (Å²) < 4.78 is 15.1. The quantitative estimate of drug-likeness (QED) is 0.694. The Morgan fingerprint density at radius 2 is 1.76 bits per heavy atom. The molecule has 2 aliphatic rings. The minimum atomic E-state index is -0.346. The number of benzene rings is 1. The second-order valence-corrected chi connectivity index (χ2v) is 9.47. The van der Waals surface area contributed by atoms with E-state index in [9.17, 15) is 0 Å². The number of halogens is 1. The molecule has 1 fully saturated rings. The second kappa shape index (κ2) is 5.72. The first-order valence-corrected chi connectivity index (χ1v) is 9.85. The van der Waals surface area contributed by atoms with Crippen LogP contribution in [-0.2, 0) is 9.31 Å². The lowest BCUT2D eigenvalue weighted by molar-refractivity contribution is 0.00578. The maximum Gasteiger partial charge on any atom is 0.494 e. The summed E-state index contributed by atoms with van der Waals surface area (Å²) in [5, 5.41) is 3.17.